The molecule has 8 heteroatoms. The number of H-pyrrole nitrogens is 1. The molecule has 2 amide bonds. The molecule has 3 aliphatic rings. The first-order valence-electron chi connectivity index (χ1n) is 10.6. The molecule has 2 aromatic heterocycles. The van der Waals surface area contributed by atoms with Gasteiger partial charge in [0.05, 0.1) is 5.41 Å². The Morgan fingerprint density at radius 2 is 2.07 bits per heavy atom. The number of carbonyl (C=O) groups excluding carboxylic acids is 2. The van der Waals surface area contributed by atoms with E-state index in [4.69, 9.17) is 0 Å². The van der Waals surface area contributed by atoms with Gasteiger partial charge < -0.3 is 9.80 Å². The fraction of sp³-hybridized carbons (Fsp3) is 0.619. The van der Waals surface area contributed by atoms with Crippen molar-refractivity contribution in [1.82, 2.24) is 24.4 Å². The van der Waals surface area contributed by atoms with E-state index in [1.807, 2.05) is 11.8 Å². The van der Waals surface area contributed by atoms with Crippen LogP contribution in [0.4, 0.5) is 0 Å². The molecule has 1 saturated carbocycles. The van der Waals surface area contributed by atoms with E-state index in [2.05, 4.69) is 10.1 Å². The average Bonchev–Trinajstić information content (AvgIpc) is 3.26. The first-order valence-corrected chi connectivity index (χ1v) is 10.6. The van der Waals surface area contributed by atoms with Crippen LogP contribution in [-0.4, -0.2) is 62.4 Å². The zero-order valence-electron chi connectivity index (χ0n) is 16.8. The number of aromatic nitrogens is 3. The molecule has 1 atom stereocenters. The summed E-state index contributed by atoms with van der Waals surface area (Å²) >= 11 is 0. The topological polar surface area (TPSA) is 90.8 Å². The molecule has 1 spiro atoms. The second-order valence-electron chi connectivity index (χ2n) is 9.02. The molecule has 5 rings (SSSR count). The number of hydrogen-bond acceptors (Lipinski definition) is 4. The number of hydrogen-bond donors (Lipinski definition) is 1. The highest BCUT2D eigenvalue weighted by Crippen LogP contribution is 2.41. The lowest BCUT2D eigenvalue weighted by atomic mass is 9.77. The van der Waals surface area contributed by atoms with Crippen LogP contribution < -0.4 is 5.56 Å². The van der Waals surface area contributed by atoms with Gasteiger partial charge in [0.1, 0.15) is 5.56 Å². The van der Waals surface area contributed by atoms with Crippen LogP contribution in [0.2, 0.25) is 0 Å². The SMILES string of the molecule is Cc1cc2ncc(C(=O)N3CCC4(CCCN(CC5CCC5)C4=O)C3)c(=O)n2[nH]1. The summed E-state index contributed by atoms with van der Waals surface area (Å²) in [6.07, 6.45) is 7.56. The molecule has 2 saturated heterocycles. The normalized spacial score (nSPS) is 25.2. The van der Waals surface area contributed by atoms with E-state index < -0.39 is 11.0 Å². The average molecular weight is 397 g/mol. The molecule has 4 heterocycles. The lowest BCUT2D eigenvalue weighted by Crippen LogP contribution is -2.52. The number of aromatic amines is 1. The summed E-state index contributed by atoms with van der Waals surface area (Å²) < 4.78 is 1.31. The van der Waals surface area contributed by atoms with Crippen LogP contribution in [0.5, 0.6) is 0 Å². The summed E-state index contributed by atoms with van der Waals surface area (Å²) in [4.78, 5) is 47.1. The van der Waals surface area contributed by atoms with Gasteiger partial charge >= 0.3 is 0 Å². The van der Waals surface area contributed by atoms with Crippen LogP contribution in [0.1, 0.15) is 54.6 Å². The van der Waals surface area contributed by atoms with E-state index in [1.54, 1.807) is 11.0 Å². The highest BCUT2D eigenvalue weighted by atomic mass is 16.2. The predicted octanol–water partition coefficient (Wildman–Crippen LogP) is 1.59. The van der Waals surface area contributed by atoms with Gasteiger partial charge in [0, 0.05) is 44.1 Å². The molecule has 0 bridgehead atoms. The zero-order chi connectivity index (χ0) is 20.2. The van der Waals surface area contributed by atoms with Crippen molar-refractivity contribution in [2.24, 2.45) is 11.3 Å². The molecule has 1 aliphatic carbocycles. The Morgan fingerprint density at radius 3 is 2.83 bits per heavy atom. The minimum atomic E-state index is -0.478. The third kappa shape index (κ3) is 2.96. The van der Waals surface area contributed by atoms with Crippen molar-refractivity contribution in [3.8, 4) is 0 Å². The van der Waals surface area contributed by atoms with Gasteiger partial charge in [-0.3, -0.25) is 19.5 Å². The fourth-order valence-electron chi connectivity index (χ4n) is 5.14. The lowest BCUT2D eigenvalue weighted by molar-refractivity contribution is -0.146. The molecule has 29 heavy (non-hydrogen) atoms. The Kier molecular flexibility index (Phi) is 4.26. The molecule has 3 fully saturated rings. The predicted molar refractivity (Wildman–Crippen MR) is 107 cm³/mol. The van der Waals surface area contributed by atoms with Crippen molar-refractivity contribution < 1.29 is 9.59 Å². The second-order valence-corrected chi connectivity index (χ2v) is 9.02. The molecule has 1 N–H and O–H groups in total. The summed E-state index contributed by atoms with van der Waals surface area (Å²) in [6, 6.07) is 1.76. The van der Waals surface area contributed by atoms with Crippen LogP contribution in [-0.2, 0) is 4.79 Å². The molecule has 154 valence electrons. The van der Waals surface area contributed by atoms with Gasteiger partial charge in [-0.1, -0.05) is 6.42 Å². The maximum Gasteiger partial charge on any atom is 0.285 e. The summed E-state index contributed by atoms with van der Waals surface area (Å²) in [5, 5.41) is 2.92. The number of nitrogens with zero attached hydrogens (tertiary/aromatic N) is 4. The standard InChI is InChI=1S/C21H27N5O3/c1-14-10-17-22-11-16(19(28)26(17)23-14)18(27)25-9-7-21(13-25)6-3-8-24(20(21)29)12-15-4-2-5-15/h10-11,15,23H,2-9,12-13H2,1H3. The van der Waals surface area contributed by atoms with Crippen molar-refractivity contribution in [3.63, 3.8) is 0 Å². The molecular weight excluding hydrogens is 370 g/mol. The fourth-order valence-corrected chi connectivity index (χ4v) is 5.14. The van der Waals surface area contributed by atoms with E-state index in [0.29, 0.717) is 31.1 Å². The van der Waals surface area contributed by atoms with Crippen LogP contribution in [0, 0.1) is 18.3 Å². The summed E-state index contributed by atoms with van der Waals surface area (Å²) in [7, 11) is 0. The Labute approximate surface area is 168 Å². The second kappa shape index (κ2) is 6.71. The van der Waals surface area contributed by atoms with E-state index in [0.717, 1.165) is 31.6 Å². The van der Waals surface area contributed by atoms with Gasteiger partial charge in [-0.25, -0.2) is 9.50 Å². The maximum absolute atomic E-state index is 13.3. The number of rotatable bonds is 3. The molecule has 0 aromatic carbocycles. The first kappa shape index (κ1) is 18.4. The maximum atomic E-state index is 13.3. The molecule has 1 unspecified atom stereocenters. The van der Waals surface area contributed by atoms with E-state index in [9.17, 15) is 14.4 Å². The lowest BCUT2D eigenvalue weighted by Gasteiger charge is -2.42. The molecule has 2 aliphatic heterocycles. The molecule has 8 nitrogen and oxygen atoms in total. The highest BCUT2D eigenvalue weighted by molar-refractivity contribution is 5.95. The minimum Gasteiger partial charge on any atom is -0.342 e. The smallest absolute Gasteiger partial charge is 0.285 e. The number of aryl methyl sites for hydroxylation is 1. The number of carbonyl (C=O) groups is 2. The summed E-state index contributed by atoms with van der Waals surface area (Å²) in [5.74, 6) is 0.525. The minimum absolute atomic E-state index is 0.0518. The monoisotopic (exact) mass is 397 g/mol. The van der Waals surface area contributed by atoms with Crippen LogP contribution in [0.25, 0.3) is 5.65 Å². The largest absolute Gasteiger partial charge is 0.342 e. The van der Waals surface area contributed by atoms with Gasteiger partial charge in [0.15, 0.2) is 5.65 Å². The van der Waals surface area contributed by atoms with Gasteiger partial charge in [0.2, 0.25) is 5.91 Å². The van der Waals surface area contributed by atoms with Crippen molar-refractivity contribution in [2.75, 3.05) is 26.2 Å². The van der Waals surface area contributed by atoms with Gasteiger partial charge in [0.25, 0.3) is 11.5 Å². The van der Waals surface area contributed by atoms with E-state index in [-0.39, 0.29) is 17.4 Å². The van der Waals surface area contributed by atoms with Crippen molar-refractivity contribution in [3.05, 3.63) is 33.9 Å². The molecule has 0 radical (unpaired) electrons. The van der Waals surface area contributed by atoms with Crippen molar-refractivity contribution in [1.29, 1.82) is 0 Å². The third-order valence-corrected chi connectivity index (χ3v) is 7.02. The van der Waals surface area contributed by atoms with Crippen LogP contribution in [0.15, 0.2) is 17.1 Å². The van der Waals surface area contributed by atoms with E-state index in [1.165, 1.54) is 30.0 Å². The number of fused-ring (bicyclic) bond motifs is 1. The zero-order valence-corrected chi connectivity index (χ0v) is 16.8. The van der Waals surface area contributed by atoms with Gasteiger partial charge in [-0.05, 0) is 44.9 Å². The van der Waals surface area contributed by atoms with Crippen molar-refractivity contribution >= 4 is 17.5 Å². The number of nitrogens with one attached hydrogen (secondary N) is 1. The number of likely N-dealkylation sites (tertiary alicyclic amines) is 2. The van der Waals surface area contributed by atoms with Crippen molar-refractivity contribution in [2.45, 2.75) is 45.4 Å². The van der Waals surface area contributed by atoms with Gasteiger partial charge in [-0.2, -0.15) is 0 Å². The first-order chi connectivity index (χ1) is 14.0. The van der Waals surface area contributed by atoms with Crippen LogP contribution >= 0.6 is 0 Å². The Balaban J connectivity index is 1.36. The summed E-state index contributed by atoms with van der Waals surface area (Å²) in [6.45, 7) is 4.44. The highest BCUT2D eigenvalue weighted by Gasteiger charge is 2.50. The van der Waals surface area contributed by atoms with Gasteiger partial charge in [-0.15, -0.1) is 0 Å². The van der Waals surface area contributed by atoms with Crippen LogP contribution in [0.3, 0.4) is 0 Å². The molecule has 2 aromatic rings. The number of amides is 2. The van der Waals surface area contributed by atoms with E-state index >= 15 is 0 Å². The third-order valence-electron chi connectivity index (χ3n) is 7.02. The molecular formula is C21H27N5O3. The quantitative estimate of drug-likeness (QED) is 0.851. The Hall–Kier alpha value is -2.64. The number of piperidine rings is 1. The summed E-state index contributed by atoms with van der Waals surface area (Å²) in [5.41, 5.74) is 0.482. The Morgan fingerprint density at radius 1 is 1.24 bits per heavy atom. The Bertz CT molecular complexity index is 1040.